The number of carbonyl (C=O) groups is 3. The molecule has 0 aliphatic heterocycles. The van der Waals surface area contributed by atoms with Crippen LogP contribution in [0.15, 0.2) is 66.7 Å². The molecule has 186 valence electrons. The topological polar surface area (TPSA) is 121 Å². The van der Waals surface area contributed by atoms with Crippen molar-refractivity contribution >= 4 is 45.3 Å². The first-order chi connectivity index (χ1) is 17.4. The smallest absolute Gasteiger partial charge is 0.414 e. The van der Waals surface area contributed by atoms with E-state index in [1.165, 1.54) is 32.9 Å². The maximum absolute atomic E-state index is 12.6. The van der Waals surface area contributed by atoms with E-state index in [1.54, 1.807) is 0 Å². The van der Waals surface area contributed by atoms with Crippen LogP contribution in [0.4, 0.5) is 5.69 Å². The third-order valence-electron chi connectivity index (χ3n) is 6.43. The van der Waals surface area contributed by atoms with E-state index in [-0.39, 0.29) is 11.9 Å². The lowest BCUT2D eigenvalue weighted by atomic mass is 9.88. The standard InChI is InChI=1S/C26H27N3O.C2H2O4/c1-2-29-24-13-6-5-11-21(24)22-16-19(14-15-25(22)29)28-26(30)17-27-23-12-7-9-18-8-3-4-10-20(18)23;3-1(4)2(5)6/h3-6,8,10-11,13-16,23,27H,2,7,9,12,17H2,1H3,(H,28,30);(H,3,4)(H,5,6). The number of aliphatic carboxylic acids is 2. The van der Waals surface area contributed by atoms with Crippen molar-refractivity contribution in [2.45, 2.75) is 38.8 Å². The van der Waals surface area contributed by atoms with E-state index in [0.717, 1.165) is 31.5 Å². The molecule has 0 saturated heterocycles. The highest BCUT2D eigenvalue weighted by atomic mass is 16.4. The number of hydrogen-bond acceptors (Lipinski definition) is 4. The predicted octanol–water partition coefficient (Wildman–Crippen LogP) is 4.58. The number of rotatable bonds is 5. The van der Waals surface area contributed by atoms with E-state index in [4.69, 9.17) is 19.8 Å². The monoisotopic (exact) mass is 487 g/mol. The highest BCUT2D eigenvalue weighted by Gasteiger charge is 2.20. The molecule has 1 unspecified atom stereocenters. The van der Waals surface area contributed by atoms with Crippen molar-refractivity contribution in [3.05, 3.63) is 77.9 Å². The minimum atomic E-state index is -1.82. The number of nitrogens with zero attached hydrogens (tertiary/aromatic N) is 1. The van der Waals surface area contributed by atoms with E-state index >= 15 is 0 Å². The molecule has 8 nitrogen and oxygen atoms in total. The van der Waals surface area contributed by atoms with Gasteiger partial charge in [0.25, 0.3) is 0 Å². The number of fused-ring (bicyclic) bond motifs is 4. The molecule has 36 heavy (non-hydrogen) atoms. The summed E-state index contributed by atoms with van der Waals surface area (Å²) in [4.78, 5) is 30.8. The van der Waals surface area contributed by atoms with Crippen LogP contribution < -0.4 is 10.6 Å². The number of aromatic nitrogens is 1. The fourth-order valence-corrected chi connectivity index (χ4v) is 4.86. The molecule has 0 fully saturated rings. The van der Waals surface area contributed by atoms with E-state index in [2.05, 4.69) is 82.8 Å². The van der Waals surface area contributed by atoms with Crippen LogP contribution in [0.3, 0.4) is 0 Å². The molecule has 4 N–H and O–H groups in total. The summed E-state index contributed by atoms with van der Waals surface area (Å²) < 4.78 is 2.32. The number of carboxylic acid groups (broad SMARTS) is 2. The molecule has 1 atom stereocenters. The first-order valence-corrected chi connectivity index (χ1v) is 12.0. The summed E-state index contributed by atoms with van der Waals surface area (Å²) in [6, 6.07) is 23.5. The number of para-hydroxylation sites is 1. The summed E-state index contributed by atoms with van der Waals surface area (Å²) in [5.41, 5.74) is 6.02. The zero-order chi connectivity index (χ0) is 25.7. The zero-order valence-corrected chi connectivity index (χ0v) is 20.0. The third kappa shape index (κ3) is 5.39. The zero-order valence-electron chi connectivity index (χ0n) is 20.0. The van der Waals surface area contributed by atoms with Gasteiger partial charge in [0.2, 0.25) is 5.91 Å². The lowest BCUT2D eigenvalue weighted by Gasteiger charge is -2.26. The Bertz CT molecular complexity index is 1410. The normalized spacial score (nSPS) is 14.5. The molecule has 8 heteroatoms. The molecule has 0 radical (unpaired) electrons. The van der Waals surface area contributed by atoms with E-state index < -0.39 is 11.9 Å². The molecule has 0 bridgehead atoms. The highest BCUT2D eigenvalue weighted by Crippen LogP contribution is 2.31. The van der Waals surface area contributed by atoms with Crippen molar-refractivity contribution in [3.8, 4) is 0 Å². The molecule has 1 aliphatic carbocycles. The van der Waals surface area contributed by atoms with Crippen molar-refractivity contribution in [2.24, 2.45) is 0 Å². The van der Waals surface area contributed by atoms with Gasteiger partial charge in [-0.2, -0.15) is 0 Å². The lowest BCUT2D eigenvalue weighted by Crippen LogP contribution is -2.33. The average molecular weight is 488 g/mol. The number of amides is 1. The van der Waals surface area contributed by atoms with E-state index in [0.29, 0.717) is 6.54 Å². The second kappa shape index (κ2) is 11.0. The SMILES string of the molecule is CCn1c2ccccc2c2cc(NC(=O)CNC3CCCc4ccccc43)ccc21.O=C(O)C(=O)O. The summed E-state index contributed by atoms with van der Waals surface area (Å²) in [5.74, 6) is -3.65. The van der Waals surface area contributed by atoms with E-state index in [9.17, 15) is 4.79 Å². The summed E-state index contributed by atoms with van der Waals surface area (Å²) in [7, 11) is 0. The Morgan fingerprint density at radius 3 is 2.36 bits per heavy atom. The predicted molar refractivity (Wildman–Crippen MR) is 139 cm³/mol. The molecule has 1 amide bonds. The number of hydrogen-bond donors (Lipinski definition) is 4. The second-order valence-corrected chi connectivity index (χ2v) is 8.68. The fourth-order valence-electron chi connectivity index (χ4n) is 4.86. The van der Waals surface area contributed by atoms with Gasteiger partial charge >= 0.3 is 11.9 Å². The molecule has 3 aromatic carbocycles. The van der Waals surface area contributed by atoms with Crippen LogP contribution in [0.2, 0.25) is 0 Å². The van der Waals surface area contributed by atoms with Gasteiger partial charge < -0.3 is 25.4 Å². The van der Waals surface area contributed by atoms with Crippen LogP contribution >= 0.6 is 0 Å². The number of carboxylic acids is 2. The number of carbonyl (C=O) groups excluding carboxylic acids is 1. The van der Waals surface area contributed by atoms with Gasteiger partial charge in [0, 0.05) is 40.1 Å². The largest absolute Gasteiger partial charge is 0.473 e. The van der Waals surface area contributed by atoms with Gasteiger partial charge in [-0.1, -0.05) is 42.5 Å². The summed E-state index contributed by atoms with van der Waals surface area (Å²) in [6.45, 7) is 3.40. The van der Waals surface area contributed by atoms with Crippen LogP contribution in [0.1, 0.15) is 36.9 Å². The van der Waals surface area contributed by atoms with Crippen LogP contribution in [0.5, 0.6) is 0 Å². The average Bonchev–Trinajstić information content (AvgIpc) is 3.20. The van der Waals surface area contributed by atoms with Crippen molar-refractivity contribution in [2.75, 3.05) is 11.9 Å². The lowest BCUT2D eigenvalue weighted by molar-refractivity contribution is -0.159. The van der Waals surface area contributed by atoms with Crippen molar-refractivity contribution < 1.29 is 24.6 Å². The van der Waals surface area contributed by atoms with Crippen LogP contribution in [0.25, 0.3) is 21.8 Å². The Morgan fingerprint density at radius 1 is 0.917 bits per heavy atom. The number of nitrogens with one attached hydrogen (secondary N) is 2. The third-order valence-corrected chi connectivity index (χ3v) is 6.43. The van der Waals surface area contributed by atoms with Crippen LogP contribution in [0, 0.1) is 0 Å². The Hall–Kier alpha value is -4.17. The first kappa shape index (κ1) is 24.9. The maximum Gasteiger partial charge on any atom is 0.414 e. The van der Waals surface area contributed by atoms with Gasteiger partial charge in [-0.3, -0.25) is 4.79 Å². The molecule has 1 heterocycles. The number of aryl methyl sites for hydroxylation is 2. The molecular weight excluding hydrogens is 458 g/mol. The van der Waals surface area contributed by atoms with Crippen molar-refractivity contribution in [1.82, 2.24) is 9.88 Å². The molecule has 1 aliphatic rings. The van der Waals surface area contributed by atoms with E-state index in [1.807, 2.05) is 6.07 Å². The Kier molecular flexibility index (Phi) is 7.65. The van der Waals surface area contributed by atoms with Gasteiger partial charge in [0.15, 0.2) is 0 Å². The summed E-state index contributed by atoms with van der Waals surface area (Å²) in [5, 5.41) is 23.7. The molecular formula is C28H29N3O5. The second-order valence-electron chi connectivity index (χ2n) is 8.68. The van der Waals surface area contributed by atoms with Gasteiger partial charge in [0.1, 0.15) is 0 Å². The summed E-state index contributed by atoms with van der Waals surface area (Å²) >= 11 is 0. The molecule has 1 aromatic heterocycles. The van der Waals surface area contributed by atoms with Gasteiger partial charge in [-0.15, -0.1) is 0 Å². The summed E-state index contributed by atoms with van der Waals surface area (Å²) in [6.07, 6.45) is 3.37. The fraction of sp³-hybridized carbons (Fsp3) is 0.250. The maximum atomic E-state index is 12.6. The van der Waals surface area contributed by atoms with Crippen LogP contribution in [-0.4, -0.2) is 39.2 Å². The Morgan fingerprint density at radius 2 is 1.61 bits per heavy atom. The van der Waals surface area contributed by atoms with Crippen molar-refractivity contribution in [3.63, 3.8) is 0 Å². The van der Waals surface area contributed by atoms with Gasteiger partial charge in [-0.25, -0.2) is 9.59 Å². The number of benzene rings is 3. The minimum Gasteiger partial charge on any atom is -0.473 e. The molecule has 0 saturated carbocycles. The molecule has 0 spiro atoms. The van der Waals surface area contributed by atoms with Crippen molar-refractivity contribution in [1.29, 1.82) is 0 Å². The van der Waals surface area contributed by atoms with Crippen LogP contribution in [-0.2, 0) is 27.3 Å². The Labute approximate surface area is 208 Å². The molecule has 4 aromatic rings. The minimum absolute atomic E-state index is 0.00312. The van der Waals surface area contributed by atoms with Gasteiger partial charge in [-0.05, 0) is 61.6 Å². The first-order valence-electron chi connectivity index (χ1n) is 12.0. The number of anilines is 1. The quantitative estimate of drug-likeness (QED) is 0.306. The Balaban J connectivity index is 0.000000455. The van der Waals surface area contributed by atoms with Gasteiger partial charge in [0.05, 0.1) is 6.54 Å². The highest BCUT2D eigenvalue weighted by molar-refractivity contribution is 6.27. The molecule has 5 rings (SSSR count).